The SMILES string of the molecule is CC(C)NC(=O)OC1CN(C(=O)c2ccc(-n3cnc4ccccc43)nc2)C1. The number of hydrogen-bond donors (Lipinski definition) is 1. The normalized spacial score (nSPS) is 14.2. The number of likely N-dealkylation sites (tertiary alicyclic amines) is 1. The van der Waals surface area contributed by atoms with Crippen molar-refractivity contribution in [2.45, 2.75) is 26.0 Å². The number of amides is 2. The van der Waals surface area contributed by atoms with Crippen molar-refractivity contribution in [1.82, 2.24) is 24.8 Å². The summed E-state index contributed by atoms with van der Waals surface area (Å²) in [6.45, 7) is 4.50. The zero-order chi connectivity index (χ0) is 19.7. The lowest BCUT2D eigenvalue weighted by atomic mass is 10.1. The Morgan fingerprint density at radius 3 is 2.64 bits per heavy atom. The van der Waals surface area contributed by atoms with Crippen LogP contribution in [-0.4, -0.2) is 56.7 Å². The summed E-state index contributed by atoms with van der Waals surface area (Å²) < 4.78 is 7.13. The number of benzene rings is 1. The Labute approximate surface area is 162 Å². The van der Waals surface area contributed by atoms with Gasteiger partial charge in [-0.15, -0.1) is 0 Å². The molecule has 1 aliphatic rings. The Hall–Kier alpha value is -3.42. The van der Waals surface area contributed by atoms with Crippen molar-refractivity contribution in [1.29, 1.82) is 0 Å². The highest BCUT2D eigenvalue weighted by Crippen LogP contribution is 2.19. The van der Waals surface area contributed by atoms with E-state index in [1.165, 1.54) is 0 Å². The van der Waals surface area contributed by atoms with Crippen molar-refractivity contribution in [2.24, 2.45) is 0 Å². The monoisotopic (exact) mass is 379 g/mol. The van der Waals surface area contributed by atoms with Gasteiger partial charge in [0.25, 0.3) is 5.91 Å². The first-order chi connectivity index (χ1) is 13.5. The average molecular weight is 379 g/mol. The maximum Gasteiger partial charge on any atom is 0.407 e. The molecule has 8 nitrogen and oxygen atoms in total. The molecule has 0 atom stereocenters. The van der Waals surface area contributed by atoms with E-state index in [1.54, 1.807) is 29.6 Å². The Morgan fingerprint density at radius 2 is 1.93 bits per heavy atom. The van der Waals surface area contributed by atoms with Gasteiger partial charge in [-0.05, 0) is 38.1 Å². The van der Waals surface area contributed by atoms with Crippen LogP contribution >= 0.6 is 0 Å². The van der Waals surface area contributed by atoms with Gasteiger partial charge in [0.05, 0.1) is 29.7 Å². The molecule has 3 aromatic rings. The molecule has 4 rings (SSSR count). The molecule has 1 aliphatic heterocycles. The first-order valence-electron chi connectivity index (χ1n) is 9.16. The molecule has 2 aromatic heterocycles. The van der Waals surface area contributed by atoms with E-state index in [-0.39, 0.29) is 18.1 Å². The van der Waals surface area contributed by atoms with Crippen molar-refractivity contribution in [3.05, 3.63) is 54.5 Å². The van der Waals surface area contributed by atoms with E-state index in [2.05, 4.69) is 15.3 Å². The molecular weight excluding hydrogens is 358 g/mol. The zero-order valence-corrected chi connectivity index (χ0v) is 15.7. The minimum Gasteiger partial charge on any atom is -0.442 e. The van der Waals surface area contributed by atoms with Gasteiger partial charge in [-0.25, -0.2) is 14.8 Å². The number of para-hydroxylation sites is 2. The maximum atomic E-state index is 12.6. The van der Waals surface area contributed by atoms with Crippen molar-refractivity contribution < 1.29 is 14.3 Å². The number of carbonyl (C=O) groups is 2. The van der Waals surface area contributed by atoms with E-state index in [0.717, 1.165) is 11.0 Å². The number of rotatable bonds is 4. The molecule has 28 heavy (non-hydrogen) atoms. The lowest BCUT2D eigenvalue weighted by Crippen LogP contribution is -2.56. The van der Waals surface area contributed by atoms with Gasteiger partial charge in [0.15, 0.2) is 0 Å². The Bertz CT molecular complexity index is 1010. The van der Waals surface area contributed by atoms with E-state index in [9.17, 15) is 9.59 Å². The number of carbonyl (C=O) groups excluding carboxylic acids is 2. The third-order valence-corrected chi connectivity index (χ3v) is 4.51. The molecule has 8 heteroatoms. The third kappa shape index (κ3) is 3.53. The Balaban J connectivity index is 1.38. The maximum absolute atomic E-state index is 12.6. The minimum atomic E-state index is -0.453. The van der Waals surface area contributed by atoms with Gasteiger partial charge < -0.3 is 15.0 Å². The van der Waals surface area contributed by atoms with Crippen LogP contribution in [0.5, 0.6) is 0 Å². The van der Waals surface area contributed by atoms with E-state index in [4.69, 9.17) is 4.74 Å². The molecule has 1 fully saturated rings. The summed E-state index contributed by atoms with van der Waals surface area (Å²) in [5, 5.41) is 2.67. The Kier molecular flexibility index (Phi) is 4.68. The van der Waals surface area contributed by atoms with Gasteiger partial charge >= 0.3 is 6.09 Å². The van der Waals surface area contributed by atoms with Crippen molar-refractivity contribution >= 4 is 23.0 Å². The van der Waals surface area contributed by atoms with Crippen LogP contribution in [0.4, 0.5) is 4.79 Å². The number of hydrogen-bond acceptors (Lipinski definition) is 5. The van der Waals surface area contributed by atoms with Gasteiger partial charge in [-0.1, -0.05) is 12.1 Å². The fourth-order valence-electron chi connectivity index (χ4n) is 3.08. The fraction of sp³-hybridized carbons (Fsp3) is 0.300. The highest BCUT2D eigenvalue weighted by atomic mass is 16.6. The second-order valence-corrected chi connectivity index (χ2v) is 7.04. The summed E-state index contributed by atoms with van der Waals surface area (Å²) in [7, 11) is 0. The molecule has 0 aliphatic carbocycles. The number of pyridine rings is 1. The standard InChI is InChI=1S/C20H21N5O3/c1-13(2)23-20(27)28-15-10-24(11-15)19(26)14-7-8-18(21-9-14)25-12-22-16-5-3-4-6-17(16)25/h3-9,12-13,15H,10-11H2,1-2H3,(H,23,27). The number of aromatic nitrogens is 3. The second-order valence-electron chi connectivity index (χ2n) is 7.04. The highest BCUT2D eigenvalue weighted by Gasteiger charge is 2.34. The van der Waals surface area contributed by atoms with Crippen LogP contribution in [0.2, 0.25) is 0 Å². The summed E-state index contributed by atoms with van der Waals surface area (Å²) >= 11 is 0. The highest BCUT2D eigenvalue weighted by molar-refractivity contribution is 5.94. The molecule has 3 heterocycles. The molecule has 2 amide bonds. The first-order valence-corrected chi connectivity index (χ1v) is 9.16. The molecular formula is C20H21N5O3. The lowest BCUT2D eigenvalue weighted by molar-refractivity contribution is -0.00703. The summed E-state index contributed by atoms with van der Waals surface area (Å²) in [6.07, 6.45) is 2.55. The van der Waals surface area contributed by atoms with Gasteiger partial charge in [0.2, 0.25) is 0 Å². The molecule has 1 aromatic carbocycles. The smallest absolute Gasteiger partial charge is 0.407 e. The molecule has 1 saturated heterocycles. The number of imidazole rings is 1. The average Bonchev–Trinajstić information content (AvgIpc) is 3.07. The second kappa shape index (κ2) is 7.30. The molecule has 0 bridgehead atoms. The zero-order valence-electron chi connectivity index (χ0n) is 15.7. The largest absolute Gasteiger partial charge is 0.442 e. The topological polar surface area (TPSA) is 89.4 Å². The van der Waals surface area contributed by atoms with Crippen LogP contribution in [0.3, 0.4) is 0 Å². The van der Waals surface area contributed by atoms with E-state index in [1.807, 2.05) is 42.7 Å². The van der Waals surface area contributed by atoms with Crippen LogP contribution in [0.25, 0.3) is 16.9 Å². The molecule has 0 radical (unpaired) electrons. The number of fused-ring (bicyclic) bond motifs is 1. The van der Waals surface area contributed by atoms with E-state index >= 15 is 0 Å². The van der Waals surface area contributed by atoms with E-state index in [0.29, 0.717) is 24.5 Å². The third-order valence-electron chi connectivity index (χ3n) is 4.51. The molecule has 0 saturated carbocycles. The van der Waals surface area contributed by atoms with Crippen molar-refractivity contribution in [3.8, 4) is 5.82 Å². The lowest BCUT2D eigenvalue weighted by Gasteiger charge is -2.38. The summed E-state index contributed by atoms with van der Waals surface area (Å²) in [6, 6.07) is 11.4. The van der Waals surface area contributed by atoms with Gasteiger partial charge in [0.1, 0.15) is 18.2 Å². The minimum absolute atomic E-state index is 0.0162. The van der Waals surface area contributed by atoms with Crippen LogP contribution in [-0.2, 0) is 4.74 Å². The Morgan fingerprint density at radius 1 is 1.14 bits per heavy atom. The predicted octanol–water partition coefficient (Wildman–Crippen LogP) is 2.38. The van der Waals surface area contributed by atoms with Crippen LogP contribution < -0.4 is 5.32 Å². The quantitative estimate of drug-likeness (QED) is 0.752. The van der Waals surface area contributed by atoms with Gasteiger partial charge in [-0.2, -0.15) is 0 Å². The molecule has 144 valence electrons. The molecule has 0 unspecified atom stereocenters. The number of nitrogens with zero attached hydrogens (tertiary/aromatic N) is 4. The predicted molar refractivity (Wildman–Crippen MR) is 103 cm³/mol. The molecule has 1 N–H and O–H groups in total. The van der Waals surface area contributed by atoms with E-state index < -0.39 is 6.09 Å². The molecule has 0 spiro atoms. The number of nitrogens with one attached hydrogen (secondary N) is 1. The van der Waals surface area contributed by atoms with Crippen LogP contribution in [0.1, 0.15) is 24.2 Å². The van der Waals surface area contributed by atoms with Gasteiger partial charge in [0, 0.05) is 12.2 Å². The fourth-order valence-corrected chi connectivity index (χ4v) is 3.08. The summed E-state index contributed by atoms with van der Waals surface area (Å²) in [5.74, 6) is 0.569. The van der Waals surface area contributed by atoms with Crippen LogP contribution in [0.15, 0.2) is 48.9 Å². The van der Waals surface area contributed by atoms with Crippen molar-refractivity contribution in [2.75, 3.05) is 13.1 Å². The summed E-state index contributed by atoms with van der Waals surface area (Å²) in [5.41, 5.74) is 2.34. The van der Waals surface area contributed by atoms with Crippen molar-refractivity contribution in [3.63, 3.8) is 0 Å². The summed E-state index contributed by atoms with van der Waals surface area (Å²) in [4.78, 5) is 34.6. The van der Waals surface area contributed by atoms with Crippen LogP contribution in [0, 0.1) is 0 Å². The first kappa shape index (κ1) is 18.0. The number of alkyl carbamates (subject to hydrolysis) is 1. The van der Waals surface area contributed by atoms with Gasteiger partial charge in [-0.3, -0.25) is 9.36 Å². The number of ether oxygens (including phenoxy) is 1.